The summed E-state index contributed by atoms with van der Waals surface area (Å²) in [6.45, 7) is -0.432. The molecule has 1 heterocycles. The quantitative estimate of drug-likeness (QED) is 0.628. The fourth-order valence-corrected chi connectivity index (χ4v) is 1.20. The standard InChI is InChI=1S/C9H11FN4O2/c10-7-3-6(1-2-13-7)14(4-8(11)15)5-9(12)16/h1-3H,4-5H2,(H2,11,15)(H2,12,16). The van der Waals surface area contributed by atoms with Crippen molar-refractivity contribution in [2.75, 3.05) is 18.0 Å². The minimum atomic E-state index is -0.712. The van der Waals surface area contributed by atoms with Crippen LogP contribution >= 0.6 is 0 Å². The van der Waals surface area contributed by atoms with Gasteiger partial charge >= 0.3 is 0 Å². The zero-order valence-corrected chi connectivity index (χ0v) is 8.39. The molecule has 0 bridgehead atoms. The summed E-state index contributed by atoms with van der Waals surface area (Å²) < 4.78 is 12.8. The summed E-state index contributed by atoms with van der Waals surface area (Å²) in [5.41, 5.74) is 10.3. The molecule has 0 saturated carbocycles. The van der Waals surface area contributed by atoms with Crippen molar-refractivity contribution in [3.8, 4) is 0 Å². The van der Waals surface area contributed by atoms with Crippen LogP contribution in [0.2, 0.25) is 0 Å². The molecule has 0 atom stereocenters. The lowest BCUT2D eigenvalue weighted by molar-refractivity contribution is -0.117. The average Bonchev–Trinajstić information content (AvgIpc) is 2.15. The second-order valence-electron chi connectivity index (χ2n) is 3.13. The third kappa shape index (κ3) is 3.52. The second kappa shape index (κ2) is 5.06. The summed E-state index contributed by atoms with van der Waals surface area (Å²) in [6.07, 6.45) is 1.22. The topological polar surface area (TPSA) is 102 Å². The molecule has 0 aliphatic carbocycles. The van der Waals surface area contributed by atoms with Crippen LogP contribution in [0.1, 0.15) is 0 Å². The van der Waals surface area contributed by atoms with Crippen molar-refractivity contribution in [1.29, 1.82) is 0 Å². The number of rotatable bonds is 5. The summed E-state index contributed by atoms with van der Waals surface area (Å²) in [5.74, 6) is -1.99. The van der Waals surface area contributed by atoms with Crippen molar-refractivity contribution in [1.82, 2.24) is 4.98 Å². The van der Waals surface area contributed by atoms with Crippen LogP contribution in [-0.2, 0) is 9.59 Å². The normalized spacial score (nSPS) is 9.81. The zero-order chi connectivity index (χ0) is 12.1. The second-order valence-corrected chi connectivity index (χ2v) is 3.13. The number of hydrogen-bond acceptors (Lipinski definition) is 4. The molecule has 86 valence electrons. The van der Waals surface area contributed by atoms with E-state index in [2.05, 4.69) is 4.98 Å². The van der Waals surface area contributed by atoms with E-state index in [1.54, 1.807) is 0 Å². The molecule has 0 aliphatic rings. The van der Waals surface area contributed by atoms with Crippen molar-refractivity contribution >= 4 is 17.5 Å². The molecule has 0 radical (unpaired) electrons. The van der Waals surface area contributed by atoms with Gasteiger partial charge in [-0.15, -0.1) is 0 Å². The van der Waals surface area contributed by atoms with Gasteiger partial charge in [-0.2, -0.15) is 4.39 Å². The van der Waals surface area contributed by atoms with Crippen LogP contribution in [0.25, 0.3) is 0 Å². The van der Waals surface area contributed by atoms with Crippen LogP contribution in [0.4, 0.5) is 10.1 Å². The van der Waals surface area contributed by atoms with Crippen LogP contribution < -0.4 is 16.4 Å². The third-order valence-corrected chi connectivity index (χ3v) is 1.77. The minimum Gasteiger partial charge on any atom is -0.368 e. The van der Waals surface area contributed by atoms with Crippen LogP contribution in [0.5, 0.6) is 0 Å². The van der Waals surface area contributed by atoms with Gasteiger partial charge in [-0.05, 0) is 6.07 Å². The van der Waals surface area contributed by atoms with E-state index in [1.807, 2.05) is 0 Å². The van der Waals surface area contributed by atoms with Gasteiger partial charge in [0, 0.05) is 18.0 Å². The van der Waals surface area contributed by atoms with Gasteiger partial charge in [-0.3, -0.25) is 9.59 Å². The molecule has 2 amide bonds. The van der Waals surface area contributed by atoms with E-state index in [9.17, 15) is 14.0 Å². The van der Waals surface area contributed by atoms with E-state index in [-0.39, 0.29) is 13.1 Å². The summed E-state index contributed by atoms with van der Waals surface area (Å²) in [6, 6.07) is 2.54. The number of primary amides is 2. The number of anilines is 1. The van der Waals surface area contributed by atoms with Gasteiger partial charge in [0.05, 0.1) is 13.1 Å². The minimum absolute atomic E-state index is 0.216. The maximum Gasteiger partial charge on any atom is 0.236 e. The van der Waals surface area contributed by atoms with Crippen molar-refractivity contribution in [2.24, 2.45) is 11.5 Å². The molecule has 0 aromatic carbocycles. The Morgan fingerprint density at radius 1 is 1.31 bits per heavy atom. The molecule has 0 unspecified atom stereocenters. The summed E-state index contributed by atoms with van der Waals surface area (Å²) in [5, 5.41) is 0. The molecule has 4 N–H and O–H groups in total. The highest BCUT2D eigenvalue weighted by atomic mass is 19.1. The number of nitrogens with two attached hydrogens (primary N) is 2. The van der Waals surface area contributed by atoms with E-state index in [0.29, 0.717) is 5.69 Å². The number of aromatic nitrogens is 1. The van der Waals surface area contributed by atoms with Gasteiger partial charge in [-0.1, -0.05) is 0 Å². The maximum absolute atomic E-state index is 12.8. The SMILES string of the molecule is NC(=O)CN(CC(N)=O)c1ccnc(F)c1. The molecule has 0 saturated heterocycles. The predicted molar refractivity (Wildman–Crippen MR) is 54.8 cm³/mol. The Labute approximate surface area is 91.0 Å². The average molecular weight is 226 g/mol. The van der Waals surface area contributed by atoms with Crippen LogP contribution in [-0.4, -0.2) is 29.9 Å². The Morgan fingerprint density at radius 3 is 2.31 bits per heavy atom. The fraction of sp³-hybridized carbons (Fsp3) is 0.222. The summed E-state index contributed by atoms with van der Waals surface area (Å²) in [7, 11) is 0. The lowest BCUT2D eigenvalue weighted by Gasteiger charge is -2.21. The number of carbonyl (C=O) groups excluding carboxylic acids is 2. The molecule has 6 nitrogen and oxygen atoms in total. The lowest BCUT2D eigenvalue weighted by atomic mass is 10.3. The van der Waals surface area contributed by atoms with E-state index in [0.717, 1.165) is 6.07 Å². The van der Waals surface area contributed by atoms with Gasteiger partial charge in [0.25, 0.3) is 0 Å². The van der Waals surface area contributed by atoms with E-state index in [1.165, 1.54) is 17.2 Å². The molecule has 1 rings (SSSR count). The molecule has 16 heavy (non-hydrogen) atoms. The summed E-state index contributed by atoms with van der Waals surface area (Å²) in [4.78, 5) is 26.2. The molecule has 0 fully saturated rings. The molecular formula is C9H11FN4O2. The fourth-order valence-electron chi connectivity index (χ4n) is 1.20. The number of carbonyl (C=O) groups is 2. The van der Waals surface area contributed by atoms with Gasteiger partial charge in [0.15, 0.2) is 0 Å². The Hall–Kier alpha value is -2.18. The van der Waals surface area contributed by atoms with Crippen molar-refractivity contribution in [3.63, 3.8) is 0 Å². The highest BCUT2D eigenvalue weighted by molar-refractivity contribution is 5.84. The third-order valence-electron chi connectivity index (χ3n) is 1.77. The molecular weight excluding hydrogens is 215 g/mol. The molecule has 0 aliphatic heterocycles. The Balaban J connectivity index is 2.90. The van der Waals surface area contributed by atoms with Crippen molar-refractivity contribution in [2.45, 2.75) is 0 Å². The van der Waals surface area contributed by atoms with Gasteiger partial charge in [0.1, 0.15) is 0 Å². The highest BCUT2D eigenvalue weighted by Gasteiger charge is 2.12. The maximum atomic E-state index is 12.8. The number of hydrogen-bond donors (Lipinski definition) is 2. The molecule has 0 spiro atoms. The highest BCUT2D eigenvalue weighted by Crippen LogP contribution is 2.12. The number of halogens is 1. The van der Waals surface area contributed by atoms with Crippen molar-refractivity contribution < 1.29 is 14.0 Å². The molecule has 1 aromatic rings. The van der Waals surface area contributed by atoms with Gasteiger partial charge in [0.2, 0.25) is 17.8 Å². The number of amides is 2. The number of nitrogens with zero attached hydrogens (tertiary/aromatic N) is 2. The van der Waals surface area contributed by atoms with Gasteiger partial charge in [-0.25, -0.2) is 4.98 Å². The first-order valence-corrected chi connectivity index (χ1v) is 4.42. The Kier molecular flexibility index (Phi) is 3.76. The summed E-state index contributed by atoms with van der Waals surface area (Å²) >= 11 is 0. The van der Waals surface area contributed by atoms with Crippen LogP contribution in [0, 0.1) is 5.95 Å². The van der Waals surface area contributed by atoms with E-state index < -0.39 is 17.8 Å². The first kappa shape index (κ1) is 11.9. The zero-order valence-electron chi connectivity index (χ0n) is 8.39. The monoisotopic (exact) mass is 226 g/mol. The van der Waals surface area contributed by atoms with Gasteiger partial charge < -0.3 is 16.4 Å². The van der Waals surface area contributed by atoms with E-state index >= 15 is 0 Å². The Bertz CT molecular complexity index is 394. The predicted octanol–water partition coefficient (Wildman–Crippen LogP) is -1.00. The largest absolute Gasteiger partial charge is 0.368 e. The smallest absolute Gasteiger partial charge is 0.236 e. The van der Waals surface area contributed by atoms with Crippen LogP contribution in [0.3, 0.4) is 0 Å². The first-order chi connectivity index (χ1) is 7.49. The first-order valence-electron chi connectivity index (χ1n) is 4.42. The number of pyridine rings is 1. The van der Waals surface area contributed by atoms with Crippen LogP contribution in [0.15, 0.2) is 18.3 Å². The van der Waals surface area contributed by atoms with Crippen molar-refractivity contribution in [3.05, 3.63) is 24.3 Å². The molecule has 7 heteroatoms. The lowest BCUT2D eigenvalue weighted by Crippen LogP contribution is -2.39. The van der Waals surface area contributed by atoms with E-state index in [4.69, 9.17) is 11.5 Å². The Morgan fingerprint density at radius 2 is 1.88 bits per heavy atom. The molecule has 1 aromatic heterocycles.